The zero-order valence-electron chi connectivity index (χ0n) is 12.4. The molecule has 23 heavy (non-hydrogen) atoms. The van der Waals surface area contributed by atoms with Crippen LogP contribution in [0, 0.1) is 0 Å². The molecular weight excluding hydrogens is 314 g/mol. The van der Waals surface area contributed by atoms with Crippen LogP contribution in [0.25, 0.3) is 11.4 Å². The molecule has 1 unspecified atom stereocenters. The number of thiazole rings is 1. The summed E-state index contributed by atoms with van der Waals surface area (Å²) in [5.74, 6) is 0.213. The Hall–Kier alpha value is -2.74. The van der Waals surface area contributed by atoms with Crippen LogP contribution in [0.4, 0.5) is 10.9 Å². The fourth-order valence-electron chi connectivity index (χ4n) is 2.16. The molecule has 0 fully saturated rings. The minimum absolute atomic E-state index is 0.0893. The van der Waals surface area contributed by atoms with Gasteiger partial charge < -0.3 is 11.1 Å². The van der Waals surface area contributed by atoms with Gasteiger partial charge in [-0.25, -0.2) is 9.61 Å². The van der Waals surface area contributed by atoms with E-state index in [9.17, 15) is 4.79 Å². The molecule has 8 heteroatoms. The lowest BCUT2D eigenvalue weighted by atomic mass is 9.98. The number of nitrogens with zero attached hydrogens (tertiary/aromatic N) is 3. The molecule has 1 aromatic carbocycles. The number of hydrogen-bond donors (Lipinski definition) is 2. The Morgan fingerprint density at radius 3 is 2.83 bits per heavy atom. The summed E-state index contributed by atoms with van der Waals surface area (Å²) in [6.45, 7) is 2.02. The van der Waals surface area contributed by atoms with E-state index in [2.05, 4.69) is 25.2 Å². The Morgan fingerprint density at radius 1 is 1.35 bits per heavy atom. The number of rotatable bonds is 5. The highest BCUT2D eigenvalue weighted by Gasteiger charge is 2.16. The molecule has 2 heterocycles. The second-order valence-corrected chi connectivity index (χ2v) is 5.96. The van der Waals surface area contributed by atoms with Crippen molar-refractivity contribution in [1.82, 2.24) is 15.3 Å². The highest BCUT2D eigenvalue weighted by atomic mass is 32.1. The molecule has 7 nitrogen and oxygen atoms in total. The number of nitrogens with two attached hydrogens (primary N) is 1. The number of nitrogens with one attached hydrogen (secondary N) is 1. The van der Waals surface area contributed by atoms with Gasteiger partial charge in [-0.2, -0.15) is 0 Å². The van der Waals surface area contributed by atoms with Crippen LogP contribution in [0.2, 0.25) is 0 Å². The largest absolute Gasteiger partial charge is 0.379 e. The Morgan fingerprint density at radius 2 is 2.13 bits per heavy atom. The van der Waals surface area contributed by atoms with Crippen LogP contribution >= 0.6 is 11.3 Å². The van der Waals surface area contributed by atoms with Crippen molar-refractivity contribution in [2.45, 2.75) is 19.3 Å². The van der Waals surface area contributed by atoms with Gasteiger partial charge in [0.05, 0.1) is 0 Å². The second-order valence-electron chi connectivity index (χ2n) is 5.10. The molecule has 0 saturated heterocycles. The molecule has 0 aliphatic heterocycles. The summed E-state index contributed by atoms with van der Waals surface area (Å²) in [5, 5.41) is 12.2. The van der Waals surface area contributed by atoms with E-state index in [1.165, 1.54) is 11.3 Å². The monoisotopic (exact) mass is 329 g/mol. The number of hydrogen-bond acceptors (Lipinski definition) is 7. The van der Waals surface area contributed by atoms with E-state index in [-0.39, 0.29) is 17.6 Å². The van der Waals surface area contributed by atoms with Gasteiger partial charge in [0.25, 0.3) is 0 Å². The Kier molecular flexibility index (Phi) is 4.33. The Balaban J connectivity index is 1.63. The number of amides is 1. The maximum Gasteiger partial charge on any atom is 0.226 e. The Labute approximate surface area is 136 Å². The first-order valence-corrected chi connectivity index (χ1v) is 7.90. The molecule has 0 aliphatic carbocycles. The van der Waals surface area contributed by atoms with E-state index in [0.717, 1.165) is 5.56 Å². The summed E-state index contributed by atoms with van der Waals surface area (Å²) >= 11 is 1.30. The van der Waals surface area contributed by atoms with E-state index in [0.29, 0.717) is 22.9 Å². The number of benzene rings is 1. The third-order valence-corrected chi connectivity index (χ3v) is 4.12. The first kappa shape index (κ1) is 15.2. The molecule has 3 aromatic rings. The summed E-state index contributed by atoms with van der Waals surface area (Å²) in [7, 11) is 0. The molecule has 0 spiro atoms. The van der Waals surface area contributed by atoms with Crippen molar-refractivity contribution < 1.29 is 9.42 Å². The van der Waals surface area contributed by atoms with Crippen LogP contribution in [0.5, 0.6) is 0 Å². The number of aromatic nitrogens is 3. The Bertz CT molecular complexity index is 799. The van der Waals surface area contributed by atoms with Crippen LogP contribution in [-0.4, -0.2) is 21.2 Å². The van der Waals surface area contributed by atoms with Crippen molar-refractivity contribution in [3.63, 3.8) is 0 Å². The predicted octanol–water partition coefficient (Wildman–Crippen LogP) is 2.91. The fraction of sp³-hybridized carbons (Fsp3) is 0.200. The smallest absolute Gasteiger partial charge is 0.226 e. The van der Waals surface area contributed by atoms with Gasteiger partial charge in [0, 0.05) is 11.8 Å². The van der Waals surface area contributed by atoms with Crippen molar-refractivity contribution in [3.8, 4) is 11.4 Å². The number of carbonyl (C=O) groups is 1. The minimum atomic E-state index is -0.0893. The normalized spacial score (nSPS) is 12.0. The summed E-state index contributed by atoms with van der Waals surface area (Å²) in [4.78, 5) is 16.4. The van der Waals surface area contributed by atoms with Crippen molar-refractivity contribution in [2.75, 3.05) is 11.1 Å². The van der Waals surface area contributed by atoms with Gasteiger partial charge in [0.2, 0.25) is 5.91 Å². The lowest BCUT2D eigenvalue weighted by Gasteiger charge is -2.10. The first-order chi connectivity index (χ1) is 11.1. The molecule has 0 saturated carbocycles. The lowest BCUT2D eigenvalue weighted by molar-refractivity contribution is -0.116. The van der Waals surface area contributed by atoms with Crippen LogP contribution < -0.4 is 11.1 Å². The van der Waals surface area contributed by atoms with Crippen molar-refractivity contribution in [1.29, 1.82) is 0 Å². The first-order valence-electron chi connectivity index (χ1n) is 7.02. The summed E-state index contributed by atoms with van der Waals surface area (Å²) in [5.41, 5.74) is 7.65. The summed E-state index contributed by atoms with van der Waals surface area (Å²) < 4.78 is 4.54. The molecule has 118 valence electrons. The third-order valence-electron chi connectivity index (χ3n) is 3.37. The van der Waals surface area contributed by atoms with Crippen molar-refractivity contribution in [2.24, 2.45) is 0 Å². The van der Waals surface area contributed by atoms with Gasteiger partial charge in [-0.05, 0) is 21.8 Å². The third kappa shape index (κ3) is 3.54. The quantitative estimate of drug-likeness (QED) is 0.745. The van der Waals surface area contributed by atoms with Crippen molar-refractivity contribution >= 4 is 28.2 Å². The van der Waals surface area contributed by atoms with E-state index in [4.69, 9.17) is 5.73 Å². The minimum Gasteiger partial charge on any atom is -0.379 e. The maximum atomic E-state index is 12.1. The molecule has 0 bridgehead atoms. The van der Waals surface area contributed by atoms with Crippen molar-refractivity contribution in [3.05, 3.63) is 41.3 Å². The van der Waals surface area contributed by atoms with Gasteiger partial charge in [0.15, 0.2) is 16.6 Å². The van der Waals surface area contributed by atoms with Crippen LogP contribution in [0.1, 0.15) is 24.8 Å². The number of nitrogen functional groups attached to an aromatic ring is 1. The molecule has 0 aliphatic rings. The van der Waals surface area contributed by atoms with Crippen LogP contribution in [0.15, 0.2) is 40.3 Å². The molecular formula is C15H15N5O2S. The standard InChI is InChI=1S/C15H15N5O2S/c1-9(10-5-3-2-4-6-10)7-12(21)18-15-17-11(8-23-15)13-14(16)20-22-19-13/h2-6,8-9H,7H2,1H3,(H2,16,20)(H,17,18,21). The average molecular weight is 329 g/mol. The highest BCUT2D eigenvalue weighted by Crippen LogP contribution is 2.27. The predicted molar refractivity (Wildman–Crippen MR) is 87.9 cm³/mol. The number of carbonyl (C=O) groups excluding carboxylic acids is 1. The van der Waals surface area contributed by atoms with Gasteiger partial charge in [-0.1, -0.05) is 37.3 Å². The molecule has 2 aromatic heterocycles. The van der Waals surface area contributed by atoms with E-state index < -0.39 is 0 Å². The van der Waals surface area contributed by atoms with Gasteiger partial charge >= 0.3 is 0 Å². The van der Waals surface area contributed by atoms with Crippen LogP contribution in [0.3, 0.4) is 0 Å². The van der Waals surface area contributed by atoms with Gasteiger partial charge in [0.1, 0.15) is 5.69 Å². The van der Waals surface area contributed by atoms with E-state index >= 15 is 0 Å². The van der Waals surface area contributed by atoms with Gasteiger partial charge in [-0.3, -0.25) is 4.79 Å². The molecule has 1 amide bonds. The SMILES string of the molecule is CC(CC(=O)Nc1nc(-c2nonc2N)cs1)c1ccccc1. The zero-order valence-corrected chi connectivity index (χ0v) is 13.2. The number of anilines is 2. The molecule has 3 rings (SSSR count). The topological polar surface area (TPSA) is 107 Å². The highest BCUT2D eigenvalue weighted by molar-refractivity contribution is 7.14. The second kappa shape index (κ2) is 6.57. The van der Waals surface area contributed by atoms with E-state index in [1.54, 1.807) is 5.38 Å². The molecule has 0 radical (unpaired) electrons. The summed E-state index contributed by atoms with van der Waals surface area (Å²) in [6.07, 6.45) is 0.382. The summed E-state index contributed by atoms with van der Waals surface area (Å²) in [6, 6.07) is 9.91. The zero-order chi connectivity index (χ0) is 16.2. The lowest BCUT2D eigenvalue weighted by Crippen LogP contribution is -2.14. The van der Waals surface area contributed by atoms with Gasteiger partial charge in [-0.15, -0.1) is 11.3 Å². The molecule has 1 atom stereocenters. The van der Waals surface area contributed by atoms with Crippen LogP contribution in [-0.2, 0) is 4.79 Å². The average Bonchev–Trinajstić information content (AvgIpc) is 3.16. The molecule has 3 N–H and O–H groups in total. The maximum absolute atomic E-state index is 12.1. The fourth-order valence-corrected chi connectivity index (χ4v) is 2.87. The van der Waals surface area contributed by atoms with E-state index in [1.807, 2.05) is 37.3 Å².